The highest BCUT2D eigenvalue weighted by molar-refractivity contribution is 9.10. The number of amides is 1. The van der Waals surface area contributed by atoms with Crippen LogP contribution in [0.25, 0.3) is 0 Å². The molecule has 2 rings (SSSR count). The van der Waals surface area contributed by atoms with Gasteiger partial charge in [-0.3, -0.25) is 4.79 Å². The van der Waals surface area contributed by atoms with E-state index in [-0.39, 0.29) is 5.91 Å². The lowest BCUT2D eigenvalue weighted by molar-refractivity contribution is 0.102. The van der Waals surface area contributed by atoms with Crippen molar-refractivity contribution in [1.29, 1.82) is 0 Å². The van der Waals surface area contributed by atoms with E-state index in [0.717, 1.165) is 16.6 Å². The average Bonchev–Trinajstić information content (AvgIpc) is 2.39. The summed E-state index contributed by atoms with van der Waals surface area (Å²) in [5.74, 6) is -0.0873. The topological polar surface area (TPSA) is 29.1 Å². The Balaban J connectivity index is 2.11. The lowest BCUT2D eigenvalue weighted by Gasteiger charge is -2.06. The molecule has 1 N–H and O–H groups in total. The van der Waals surface area contributed by atoms with E-state index in [9.17, 15) is 4.79 Å². The molecule has 0 heterocycles. The molecule has 0 bridgehead atoms. The van der Waals surface area contributed by atoms with Crippen LogP contribution >= 0.6 is 15.9 Å². The molecule has 3 heteroatoms. The van der Waals surface area contributed by atoms with E-state index in [1.807, 2.05) is 48.5 Å². The molecule has 0 radical (unpaired) electrons. The van der Waals surface area contributed by atoms with Crippen molar-refractivity contribution in [2.45, 2.75) is 13.3 Å². The van der Waals surface area contributed by atoms with Crippen LogP contribution in [0, 0.1) is 0 Å². The molecule has 0 saturated carbocycles. The SMILES string of the molecule is CCc1ccc(C(=O)Nc2cccc(Br)c2)cc1. The smallest absolute Gasteiger partial charge is 0.255 e. The van der Waals surface area contributed by atoms with Gasteiger partial charge in [-0.2, -0.15) is 0 Å². The van der Waals surface area contributed by atoms with Crippen molar-refractivity contribution >= 4 is 27.5 Å². The highest BCUT2D eigenvalue weighted by atomic mass is 79.9. The Morgan fingerprint density at radius 2 is 1.89 bits per heavy atom. The van der Waals surface area contributed by atoms with Crippen molar-refractivity contribution in [3.05, 3.63) is 64.1 Å². The third-order valence-corrected chi connectivity index (χ3v) is 3.20. The molecule has 0 saturated heterocycles. The van der Waals surface area contributed by atoms with Gasteiger partial charge < -0.3 is 5.32 Å². The van der Waals surface area contributed by atoms with Crippen molar-refractivity contribution in [3.8, 4) is 0 Å². The van der Waals surface area contributed by atoms with Gasteiger partial charge in [0.25, 0.3) is 5.91 Å². The van der Waals surface area contributed by atoms with Crippen molar-refractivity contribution in [2.24, 2.45) is 0 Å². The summed E-state index contributed by atoms with van der Waals surface area (Å²) in [6, 6.07) is 15.2. The Morgan fingerprint density at radius 3 is 2.50 bits per heavy atom. The first kappa shape index (κ1) is 12.8. The second-order valence-corrected chi connectivity index (χ2v) is 4.93. The van der Waals surface area contributed by atoms with Crippen LogP contribution in [0.4, 0.5) is 5.69 Å². The van der Waals surface area contributed by atoms with Gasteiger partial charge in [-0.25, -0.2) is 0 Å². The fourth-order valence-electron chi connectivity index (χ4n) is 1.66. The van der Waals surface area contributed by atoms with E-state index >= 15 is 0 Å². The van der Waals surface area contributed by atoms with E-state index in [2.05, 4.69) is 28.2 Å². The van der Waals surface area contributed by atoms with Crippen LogP contribution in [-0.4, -0.2) is 5.91 Å². The summed E-state index contributed by atoms with van der Waals surface area (Å²) < 4.78 is 0.946. The first-order valence-electron chi connectivity index (χ1n) is 5.85. The number of carbonyl (C=O) groups excluding carboxylic acids is 1. The predicted octanol–water partition coefficient (Wildman–Crippen LogP) is 4.26. The molecule has 2 nitrogen and oxygen atoms in total. The summed E-state index contributed by atoms with van der Waals surface area (Å²) in [4.78, 5) is 12.0. The molecule has 0 aliphatic heterocycles. The van der Waals surface area contributed by atoms with Crippen molar-refractivity contribution < 1.29 is 4.79 Å². The number of benzene rings is 2. The number of anilines is 1. The quantitative estimate of drug-likeness (QED) is 0.901. The van der Waals surface area contributed by atoms with Crippen molar-refractivity contribution in [2.75, 3.05) is 5.32 Å². The van der Waals surface area contributed by atoms with Gasteiger partial charge in [0.2, 0.25) is 0 Å². The van der Waals surface area contributed by atoms with Gasteiger partial charge in [0, 0.05) is 15.7 Å². The standard InChI is InChI=1S/C15H14BrNO/c1-2-11-6-8-12(9-7-11)15(18)17-14-5-3-4-13(16)10-14/h3-10H,2H2,1H3,(H,17,18). The average molecular weight is 304 g/mol. The van der Waals surface area contributed by atoms with Gasteiger partial charge in [-0.1, -0.05) is 41.1 Å². The number of carbonyl (C=O) groups is 1. The van der Waals surface area contributed by atoms with Crippen LogP contribution in [0.3, 0.4) is 0 Å². The molecule has 0 fully saturated rings. The number of nitrogens with one attached hydrogen (secondary N) is 1. The van der Waals surface area contributed by atoms with E-state index < -0.39 is 0 Å². The summed E-state index contributed by atoms with van der Waals surface area (Å²) in [6.45, 7) is 2.09. The Hall–Kier alpha value is -1.61. The molecule has 0 unspecified atom stereocenters. The van der Waals surface area contributed by atoms with Crippen LogP contribution in [0.1, 0.15) is 22.8 Å². The zero-order chi connectivity index (χ0) is 13.0. The van der Waals surface area contributed by atoms with Gasteiger partial charge in [-0.15, -0.1) is 0 Å². The predicted molar refractivity (Wildman–Crippen MR) is 77.9 cm³/mol. The van der Waals surface area contributed by atoms with Gasteiger partial charge in [0.05, 0.1) is 0 Å². The largest absolute Gasteiger partial charge is 0.322 e. The van der Waals surface area contributed by atoms with Gasteiger partial charge >= 0.3 is 0 Å². The molecular weight excluding hydrogens is 290 g/mol. The van der Waals surface area contributed by atoms with Crippen LogP contribution in [0.5, 0.6) is 0 Å². The molecule has 18 heavy (non-hydrogen) atoms. The fraction of sp³-hybridized carbons (Fsp3) is 0.133. The minimum atomic E-state index is -0.0873. The molecular formula is C15H14BrNO. The van der Waals surface area contributed by atoms with Crippen LogP contribution in [0.15, 0.2) is 53.0 Å². The Morgan fingerprint density at radius 1 is 1.17 bits per heavy atom. The zero-order valence-electron chi connectivity index (χ0n) is 10.1. The van der Waals surface area contributed by atoms with Gasteiger partial charge in [0.1, 0.15) is 0 Å². The second-order valence-electron chi connectivity index (χ2n) is 4.01. The monoisotopic (exact) mass is 303 g/mol. The lowest BCUT2D eigenvalue weighted by Crippen LogP contribution is -2.11. The highest BCUT2D eigenvalue weighted by Gasteiger charge is 2.05. The number of hydrogen-bond donors (Lipinski definition) is 1. The summed E-state index contributed by atoms with van der Waals surface area (Å²) >= 11 is 3.38. The minimum absolute atomic E-state index is 0.0873. The Kier molecular flexibility index (Phi) is 4.15. The second kappa shape index (κ2) is 5.83. The Labute approximate surface area is 115 Å². The van der Waals surface area contributed by atoms with Crippen LogP contribution < -0.4 is 5.32 Å². The van der Waals surface area contributed by atoms with E-state index in [4.69, 9.17) is 0 Å². The number of halogens is 1. The molecule has 0 aliphatic rings. The molecule has 0 atom stereocenters. The lowest BCUT2D eigenvalue weighted by atomic mass is 10.1. The molecule has 2 aromatic carbocycles. The number of hydrogen-bond acceptors (Lipinski definition) is 1. The molecule has 2 aromatic rings. The van der Waals surface area contributed by atoms with E-state index in [1.165, 1.54) is 5.56 Å². The molecule has 0 aromatic heterocycles. The maximum atomic E-state index is 12.0. The van der Waals surface area contributed by atoms with Crippen LogP contribution in [0.2, 0.25) is 0 Å². The zero-order valence-corrected chi connectivity index (χ0v) is 11.7. The van der Waals surface area contributed by atoms with Gasteiger partial charge in [-0.05, 0) is 42.3 Å². The number of rotatable bonds is 3. The third kappa shape index (κ3) is 3.20. The summed E-state index contributed by atoms with van der Waals surface area (Å²) in [7, 11) is 0. The summed E-state index contributed by atoms with van der Waals surface area (Å²) in [5, 5.41) is 2.87. The summed E-state index contributed by atoms with van der Waals surface area (Å²) in [5.41, 5.74) is 2.69. The Bertz CT molecular complexity index is 549. The van der Waals surface area contributed by atoms with E-state index in [1.54, 1.807) is 0 Å². The third-order valence-electron chi connectivity index (χ3n) is 2.71. The maximum Gasteiger partial charge on any atom is 0.255 e. The van der Waals surface area contributed by atoms with Crippen molar-refractivity contribution in [1.82, 2.24) is 0 Å². The van der Waals surface area contributed by atoms with E-state index in [0.29, 0.717) is 5.56 Å². The minimum Gasteiger partial charge on any atom is -0.322 e. The normalized spacial score (nSPS) is 10.1. The first-order valence-corrected chi connectivity index (χ1v) is 6.64. The van der Waals surface area contributed by atoms with Crippen LogP contribution in [-0.2, 0) is 6.42 Å². The molecule has 1 amide bonds. The van der Waals surface area contributed by atoms with Crippen molar-refractivity contribution in [3.63, 3.8) is 0 Å². The molecule has 0 aliphatic carbocycles. The summed E-state index contributed by atoms with van der Waals surface area (Å²) in [6.07, 6.45) is 0.980. The van der Waals surface area contributed by atoms with Gasteiger partial charge in [0.15, 0.2) is 0 Å². The first-order chi connectivity index (χ1) is 8.69. The highest BCUT2D eigenvalue weighted by Crippen LogP contribution is 2.16. The molecule has 92 valence electrons. The number of aryl methyl sites for hydroxylation is 1. The fourth-order valence-corrected chi connectivity index (χ4v) is 2.06. The molecule has 0 spiro atoms. The maximum absolute atomic E-state index is 12.0.